The monoisotopic (exact) mass is 460 g/mol. The molecule has 0 aliphatic heterocycles. The van der Waals surface area contributed by atoms with Crippen LogP contribution in [0.15, 0.2) is 28.7 Å². The Bertz CT molecular complexity index is 1090. The van der Waals surface area contributed by atoms with Crippen LogP contribution in [0.4, 0.5) is 0 Å². The number of fused-ring (bicyclic) bond motifs is 1. The van der Waals surface area contributed by atoms with E-state index in [1.54, 1.807) is 0 Å². The number of furan rings is 1. The minimum absolute atomic E-state index is 0.123. The summed E-state index contributed by atoms with van der Waals surface area (Å²) in [6.45, 7) is 6.34. The van der Waals surface area contributed by atoms with Crippen molar-refractivity contribution >= 4 is 40.3 Å². The Morgan fingerprint density at radius 3 is 2.61 bits per heavy atom. The van der Waals surface area contributed by atoms with E-state index in [2.05, 4.69) is 6.26 Å². The molecule has 3 aromatic rings. The largest absolute Gasteiger partial charge is 0.488 e. The van der Waals surface area contributed by atoms with Gasteiger partial charge < -0.3 is 14.3 Å². The van der Waals surface area contributed by atoms with Gasteiger partial charge in [0.25, 0.3) is 0 Å². The number of hydrogen-bond donors (Lipinski definition) is 1. The third-order valence-electron chi connectivity index (χ3n) is 5.70. The summed E-state index contributed by atoms with van der Waals surface area (Å²) in [6.07, 6.45) is 4.66. The van der Waals surface area contributed by atoms with Crippen molar-refractivity contribution in [3.05, 3.63) is 62.9 Å². The van der Waals surface area contributed by atoms with Crippen molar-refractivity contribution in [1.82, 2.24) is 0 Å². The van der Waals surface area contributed by atoms with E-state index < -0.39 is 5.97 Å². The van der Waals surface area contributed by atoms with Crippen LogP contribution < -0.4 is 4.74 Å². The predicted molar refractivity (Wildman–Crippen MR) is 129 cm³/mol. The molecular weight excluding hydrogens is 432 g/mol. The summed E-state index contributed by atoms with van der Waals surface area (Å²) in [6, 6.07) is 7.88. The SMILES string of the molecule is CSCCCc1c(Cl)cc2cc(C)oc2c1COc1ccc(CCC(=O)O)c(C)c1C. The molecule has 0 unspecified atom stereocenters. The molecule has 3 rings (SSSR count). The highest BCUT2D eigenvalue weighted by Gasteiger charge is 2.17. The van der Waals surface area contributed by atoms with Gasteiger partial charge in [0.15, 0.2) is 0 Å². The molecule has 1 aromatic heterocycles. The number of benzene rings is 2. The molecule has 0 fully saturated rings. The van der Waals surface area contributed by atoms with Gasteiger partial charge in [-0.05, 0) is 92.5 Å². The molecule has 0 atom stereocenters. The van der Waals surface area contributed by atoms with Gasteiger partial charge in [-0.3, -0.25) is 4.79 Å². The first-order valence-electron chi connectivity index (χ1n) is 10.4. The number of hydrogen-bond acceptors (Lipinski definition) is 4. The van der Waals surface area contributed by atoms with Crippen molar-refractivity contribution in [1.29, 1.82) is 0 Å². The number of carbonyl (C=O) groups is 1. The Balaban J connectivity index is 1.90. The van der Waals surface area contributed by atoms with Crippen molar-refractivity contribution in [3.63, 3.8) is 0 Å². The zero-order chi connectivity index (χ0) is 22.5. The number of aliphatic carboxylic acids is 1. The van der Waals surface area contributed by atoms with Gasteiger partial charge in [-0.15, -0.1) is 0 Å². The molecule has 0 radical (unpaired) electrons. The molecule has 1 heterocycles. The van der Waals surface area contributed by atoms with Crippen LogP contribution in [0.25, 0.3) is 11.0 Å². The fraction of sp³-hybridized carbons (Fsp3) is 0.400. The second-order valence-corrected chi connectivity index (χ2v) is 9.24. The lowest BCUT2D eigenvalue weighted by Crippen LogP contribution is -2.05. The number of rotatable bonds is 10. The van der Waals surface area contributed by atoms with Crippen molar-refractivity contribution < 1.29 is 19.1 Å². The molecule has 0 saturated heterocycles. The van der Waals surface area contributed by atoms with E-state index in [4.69, 9.17) is 25.9 Å². The Morgan fingerprint density at radius 2 is 1.90 bits per heavy atom. The molecule has 1 N–H and O–H groups in total. The Hall–Kier alpha value is -2.11. The van der Waals surface area contributed by atoms with Crippen LogP contribution in [0, 0.1) is 20.8 Å². The molecule has 0 spiro atoms. The highest BCUT2D eigenvalue weighted by Crippen LogP contribution is 2.34. The maximum Gasteiger partial charge on any atom is 0.303 e. The van der Waals surface area contributed by atoms with E-state index >= 15 is 0 Å². The molecule has 166 valence electrons. The average Bonchev–Trinajstić information content (AvgIpc) is 3.09. The summed E-state index contributed by atoms with van der Waals surface area (Å²) in [7, 11) is 0. The lowest BCUT2D eigenvalue weighted by Gasteiger charge is -2.17. The van der Waals surface area contributed by atoms with Crippen LogP contribution in [0.3, 0.4) is 0 Å². The van der Waals surface area contributed by atoms with Crippen molar-refractivity contribution in [2.24, 2.45) is 0 Å². The molecule has 2 aromatic carbocycles. The maximum atomic E-state index is 10.9. The molecule has 0 aliphatic carbocycles. The quantitative estimate of drug-likeness (QED) is 0.333. The minimum Gasteiger partial charge on any atom is -0.488 e. The predicted octanol–water partition coefficient (Wildman–Crippen LogP) is 6.90. The number of carboxylic acid groups (broad SMARTS) is 1. The van der Waals surface area contributed by atoms with E-state index in [1.807, 2.05) is 56.8 Å². The smallest absolute Gasteiger partial charge is 0.303 e. The third-order valence-corrected chi connectivity index (χ3v) is 6.73. The van der Waals surface area contributed by atoms with Crippen molar-refractivity contribution in [2.45, 2.75) is 53.1 Å². The first-order valence-corrected chi connectivity index (χ1v) is 12.2. The fourth-order valence-electron chi connectivity index (χ4n) is 3.87. The van der Waals surface area contributed by atoms with Gasteiger partial charge in [0, 0.05) is 22.4 Å². The van der Waals surface area contributed by atoms with Crippen LogP contribution in [0.2, 0.25) is 5.02 Å². The van der Waals surface area contributed by atoms with Crippen LogP contribution in [0.5, 0.6) is 5.75 Å². The molecule has 0 aliphatic rings. The topological polar surface area (TPSA) is 59.7 Å². The second-order valence-electron chi connectivity index (χ2n) is 7.84. The molecule has 0 amide bonds. The second kappa shape index (κ2) is 10.5. The molecular formula is C25H29ClO4S. The van der Waals surface area contributed by atoms with E-state index in [0.717, 1.165) is 73.9 Å². The van der Waals surface area contributed by atoms with Gasteiger partial charge in [-0.2, -0.15) is 11.8 Å². The highest BCUT2D eigenvalue weighted by molar-refractivity contribution is 7.98. The van der Waals surface area contributed by atoms with Crippen LogP contribution >= 0.6 is 23.4 Å². The van der Waals surface area contributed by atoms with Gasteiger partial charge in [0.2, 0.25) is 0 Å². The van der Waals surface area contributed by atoms with Gasteiger partial charge in [0.05, 0.1) is 0 Å². The Morgan fingerprint density at radius 1 is 1.13 bits per heavy atom. The molecule has 31 heavy (non-hydrogen) atoms. The van der Waals surface area contributed by atoms with Crippen molar-refractivity contribution in [3.8, 4) is 5.75 Å². The number of carboxylic acids is 1. The minimum atomic E-state index is -0.787. The normalized spacial score (nSPS) is 11.3. The summed E-state index contributed by atoms with van der Waals surface area (Å²) in [5.41, 5.74) is 6.07. The summed E-state index contributed by atoms with van der Waals surface area (Å²) in [5.74, 6) is 1.93. The van der Waals surface area contributed by atoms with Gasteiger partial charge in [0.1, 0.15) is 23.7 Å². The van der Waals surface area contributed by atoms with Gasteiger partial charge >= 0.3 is 5.97 Å². The summed E-state index contributed by atoms with van der Waals surface area (Å²) >= 11 is 8.49. The standard InChI is InChI=1S/C25H29ClO4S/c1-15-12-19-13-22(26)20(6-5-11-31-4)21(25(19)30-15)14-29-23-9-7-18(8-10-24(27)28)16(2)17(23)3/h7,9,12-13H,5-6,8,10-11,14H2,1-4H3,(H,27,28). The Kier molecular flexibility index (Phi) is 7.95. The summed E-state index contributed by atoms with van der Waals surface area (Å²) < 4.78 is 12.3. The van der Waals surface area contributed by atoms with E-state index in [9.17, 15) is 4.79 Å². The van der Waals surface area contributed by atoms with Crippen LogP contribution in [-0.4, -0.2) is 23.1 Å². The number of aryl methyl sites for hydroxylation is 2. The first-order chi connectivity index (χ1) is 14.8. The lowest BCUT2D eigenvalue weighted by molar-refractivity contribution is -0.136. The van der Waals surface area contributed by atoms with Gasteiger partial charge in [-0.25, -0.2) is 0 Å². The summed E-state index contributed by atoms with van der Waals surface area (Å²) in [4.78, 5) is 10.9. The molecule has 4 nitrogen and oxygen atoms in total. The Labute approximate surface area is 192 Å². The number of halogens is 1. The maximum absolute atomic E-state index is 10.9. The van der Waals surface area contributed by atoms with E-state index in [0.29, 0.717) is 13.0 Å². The van der Waals surface area contributed by atoms with E-state index in [-0.39, 0.29) is 6.42 Å². The van der Waals surface area contributed by atoms with E-state index in [1.165, 1.54) is 0 Å². The molecule has 0 saturated carbocycles. The molecule has 6 heteroatoms. The van der Waals surface area contributed by atoms with Gasteiger partial charge in [-0.1, -0.05) is 17.7 Å². The lowest BCUT2D eigenvalue weighted by atomic mass is 9.98. The highest BCUT2D eigenvalue weighted by atomic mass is 35.5. The molecule has 0 bridgehead atoms. The van der Waals surface area contributed by atoms with Crippen LogP contribution in [0.1, 0.15) is 46.4 Å². The number of thioether (sulfide) groups is 1. The zero-order valence-electron chi connectivity index (χ0n) is 18.5. The third kappa shape index (κ3) is 5.58. The number of ether oxygens (including phenoxy) is 1. The average molecular weight is 461 g/mol. The fourth-order valence-corrected chi connectivity index (χ4v) is 4.63. The van der Waals surface area contributed by atoms with Crippen molar-refractivity contribution in [2.75, 3.05) is 12.0 Å². The van der Waals surface area contributed by atoms with Crippen LogP contribution in [-0.2, 0) is 24.2 Å². The zero-order valence-corrected chi connectivity index (χ0v) is 20.1. The summed E-state index contributed by atoms with van der Waals surface area (Å²) in [5, 5.41) is 10.7. The first kappa shape index (κ1) is 23.6.